The SMILES string of the molecule is CCC(O)(CC)CNc1cccc(Cl)n1. The van der Waals surface area contributed by atoms with E-state index >= 15 is 0 Å². The molecule has 0 amide bonds. The third-order valence-corrected chi connectivity index (χ3v) is 2.84. The molecule has 0 atom stereocenters. The summed E-state index contributed by atoms with van der Waals surface area (Å²) in [6.45, 7) is 4.43. The van der Waals surface area contributed by atoms with Gasteiger partial charge in [-0.1, -0.05) is 31.5 Å². The number of aromatic nitrogens is 1. The van der Waals surface area contributed by atoms with E-state index in [4.69, 9.17) is 11.6 Å². The van der Waals surface area contributed by atoms with Crippen molar-refractivity contribution in [3.05, 3.63) is 23.4 Å². The molecule has 0 aliphatic carbocycles. The summed E-state index contributed by atoms with van der Waals surface area (Å²) in [4.78, 5) is 4.09. The zero-order valence-corrected chi connectivity index (χ0v) is 9.88. The van der Waals surface area contributed by atoms with Crippen LogP contribution in [0.5, 0.6) is 0 Å². The van der Waals surface area contributed by atoms with Crippen molar-refractivity contribution in [2.24, 2.45) is 0 Å². The monoisotopic (exact) mass is 228 g/mol. The molecule has 0 fully saturated rings. The summed E-state index contributed by atoms with van der Waals surface area (Å²) in [5, 5.41) is 13.6. The van der Waals surface area contributed by atoms with E-state index in [2.05, 4.69) is 10.3 Å². The number of rotatable bonds is 5. The van der Waals surface area contributed by atoms with E-state index < -0.39 is 5.60 Å². The van der Waals surface area contributed by atoms with E-state index in [-0.39, 0.29) is 0 Å². The van der Waals surface area contributed by atoms with Gasteiger partial charge >= 0.3 is 0 Å². The zero-order chi connectivity index (χ0) is 11.3. The fraction of sp³-hybridized carbons (Fsp3) is 0.545. The molecule has 15 heavy (non-hydrogen) atoms. The smallest absolute Gasteiger partial charge is 0.131 e. The van der Waals surface area contributed by atoms with Crippen molar-refractivity contribution >= 4 is 17.4 Å². The number of pyridine rings is 1. The molecule has 0 radical (unpaired) electrons. The van der Waals surface area contributed by atoms with Crippen molar-refractivity contribution < 1.29 is 5.11 Å². The lowest BCUT2D eigenvalue weighted by atomic mass is 9.98. The summed E-state index contributed by atoms with van der Waals surface area (Å²) in [5.74, 6) is 0.697. The van der Waals surface area contributed by atoms with Crippen LogP contribution in [0.3, 0.4) is 0 Å². The predicted octanol–water partition coefficient (Wildman–Crippen LogP) is 2.70. The maximum Gasteiger partial charge on any atom is 0.131 e. The molecule has 84 valence electrons. The van der Waals surface area contributed by atoms with Gasteiger partial charge in [0, 0.05) is 6.54 Å². The second kappa shape index (κ2) is 5.33. The average Bonchev–Trinajstić information content (AvgIpc) is 2.26. The number of halogens is 1. The highest BCUT2D eigenvalue weighted by Crippen LogP contribution is 2.16. The van der Waals surface area contributed by atoms with Crippen LogP contribution < -0.4 is 5.32 Å². The minimum atomic E-state index is -0.663. The van der Waals surface area contributed by atoms with E-state index in [1.54, 1.807) is 6.07 Å². The molecule has 2 N–H and O–H groups in total. The van der Waals surface area contributed by atoms with Gasteiger partial charge in [0.05, 0.1) is 5.60 Å². The highest BCUT2D eigenvalue weighted by atomic mass is 35.5. The van der Waals surface area contributed by atoms with Crippen LogP contribution in [0.2, 0.25) is 5.15 Å². The van der Waals surface area contributed by atoms with Crippen LogP contribution in [-0.2, 0) is 0 Å². The second-order valence-corrected chi connectivity index (χ2v) is 4.02. The molecule has 0 saturated heterocycles. The normalized spacial score (nSPS) is 11.5. The summed E-state index contributed by atoms with van der Waals surface area (Å²) in [7, 11) is 0. The third-order valence-electron chi connectivity index (χ3n) is 2.63. The van der Waals surface area contributed by atoms with Gasteiger partial charge in [0.2, 0.25) is 0 Å². The van der Waals surface area contributed by atoms with Crippen LogP contribution in [0.15, 0.2) is 18.2 Å². The molecule has 1 aromatic rings. The number of nitrogens with zero attached hydrogens (tertiary/aromatic N) is 1. The van der Waals surface area contributed by atoms with Crippen molar-refractivity contribution in [3.8, 4) is 0 Å². The fourth-order valence-corrected chi connectivity index (χ4v) is 1.43. The van der Waals surface area contributed by atoms with Crippen LogP contribution in [0, 0.1) is 0 Å². The Kier molecular flexibility index (Phi) is 4.36. The first-order valence-electron chi connectivity index (χ1n) is 5.18. The first-order chi connectivity index (χ1) is 7.09. The molecule has 0 aromatic carbocycles. The number of hydrogen-bond acceptors (Lipinski definition) is 3. The Morgan fingerprint density at radius 1 is 1.40 bits per heavy atom. The van der Waals surface area contributed by atoms with E-state index in [0.29, 0.717) is 17.5 Å². The molecular weight excluding hydrogens is 212 g/mol. The molecule has 0 saturated carbocycles. The van der Waals surface area contributed by atoms with Crippen molar-refractivity contribution in [1.29, 1.82) is 0 Å². The molecule has 0 spiro atoms. The number of nitrogens with one attached hydrogen (secondary N) is 1. The van der Waals surface area contributed by atoms with Gasteiger partial charge in [0.15, 0.2) is 0 Å². The summed E-state index contributed by atoms with van der Waals surface area (Å²) < 4.78 is 0. The van der Waals surface area contributed by atoms with E-state index in [1.165, 1.54) is 0 Å². The van der Waals surface area contributed by atoms with Crippen LogP contribution in [-0.4, -0.2) is 22.2 Å². The summed E-state index contributed by atoms with van der Waals surface area (Å²) in [6, 6.07) is 5.38. The number of anilines is 1. The summed E-state index contributed by atoms with van der Waals surface area (Å²) in [6.07, 6.45) is 1.44. The van der Waals surface area contributed by atoms with Crippen molar-refractivity contribution in [3.63, 3.8) is 0 Å². The molecule has 3 nitrogen and oxygen atoms in total. The van der Waals surface area contributed by atoms with Crippen LogP contribution in [0.1, 0.15) is 26.7 Å². The van der Waals surface area contributed by atoms with Gasteiger partial charge in [0.1, 0.15) is 11.0 Å². The standard InChI is InChI=1S/C11H17ClN2O/c1-3-11(15,4-2)8-13-10-7-5-6-9(12)14-10/h5-7,15H,3-4,8H2,1-2H3,(H,13,14). The first kappa shape index (κ1) is 12.3. The highest BCUT2D eigenvalue weighted by molar-refractivity contribution is 6.29. The molecule has 1 heterocycles. The maximum absolute atomic E-state index is 10.0. The van der Waals surface area contributed by atoms with Gasteiger partial charge in [-0.3, -0.25) is 0 Å². The Balaban J connectivity index is 2.56. The quantitative estimate of drug-likeness (QED) is 0.762. The largest absolute Gasteiger partial charge is 0.388 e. The maximum atomic E-state index is 10.0. The molecule has 0 bridgehead atoms. The molecule has 4 heteroatoms. The second-order valence-electron chi connectivity index (χ2n) is 3.63. The molecule has 1 rings (SSSR count). The topological polar surface area (TPSA) is 45.1 Å². The summed E-state index contributed by atoms with van der Waals surface area (Å²) in [5.41, 5.74) is -0.663. The molecule has 1 aromatic heterocycles. The Morgan fingerprint density at radius 3 is 2.60 bits per heavy atom. The zero-order valence-electron chi connectivity index (χ0n) is 9.13. The van der Waals surface area contributed by atoms with Gasteiger partial charge in [-0.05, 0) is 25.0 Å². The minimum Gasteiger partial charge on any atom is -0.388 e. The van der Waals surface area contributed by atoms with Gasteiger partial charge in [-0.25, -0.2) is 4.98 Å². The van der Waals surface area contributed by atoms with E-state index in [1.807, 2.05) is 26.0 Å². The lowest BCUT2D eigenvalue weighted by Crippen LogP contribution is -2.35. The Hall–Kier alpha value is -0.800. The summed E-state index contributed by atoms with van der Waals surface area (Å²) >= 11 is 5.75. The Bertz CT molecular complexity index is 313. The van der Waals surface area contributed by atoms with Crippen molar-refractivity contribution in [2.75, 3.05) is 11.9 Å². The van der Waals surface area contributed by atoms with E-state index in [9.17, 15) is 5.11 Å². The third kappa shape index (κ3) is 3.68. The first-order valence-corrected chi connectivity index (χ1v) is 5.56. The minimum absolute atomic E-state index is 0.455. The fourth-order valence-electron chi connectivity index (χ4n) is 1.26. The highest BCUT2D eigenvalue weighted by Gasteiger charge is 2.21. The van der Waals surface area contributed by atoms with E-state index in [0.717, 1.165) is 12.8 Å². The molecular formula is C11H17ClN2O. The van der Waals surface area contributed by atoms with Crippen LogP contribution >= 0.6 is 11.6 Å². The van der Waals surface area contributed by atoms with Gasteiger partial charge in [0.25, 0.3) is 0 Å². The van der Waals surface area contributed by atoms with Crippen molar-refractivity contribution in [1.82, 2.24) is 4.98 Å². The van der Waals surface area contributed by atoms with Gasteiger partial charge < -0.3 is 10.4 Å². The Morgan fingerprint density at radius 2 is 2.07 bits per heavy atom. The van der Waals surface area contributed by atoms with Crippen LogP contribution in [0.4, 0.5) is 5.82 Å². The average molecular weight is 229 g/mol. The van der Waals surface area contributed by atoms with Crippen molar-refractivity contribution in [2.45, 2.75) is 32.3 Å². The molecule has 0 aliphatic rings. The van der Waals surface area contributed by atoms with Crippen LogP contribution in [0.25, 0.3) is 0 Å². The Labute approximate surface area is 95.5 Å². The molecule has 0 aliphatic heterocycles. The number of aliphatic hydroxyl groups is 1. The van der Waals surface area contributed by atoms with Gasteiger partial charge in [-0.2, -0.15) is 0 Å². The van der Waals surface area contributed by atoms with Gasteiger partial charge in [-0.15, -0.1) is 0 Å². The predicted molar refractivity (Wildman–Crippen MR) is 63.3 cm³/mol. The lowest BCUT2D eigenvalue weighted by Gasteiger charge is -2.25. The molecule has 0 unspecified atom stereocenters. The number of hydrogen-bond donors (Lipinski definition) is 2. The lowest BCUT2D eigenvalue weighted by molar-refractivity contribution is 0.0456.